The van der Waals surface area contributed by atoms with Gasteiger partial charge in [0.25, 0.3) is 10.2 Å². The number of thiophene rings is 1. The maximum absolute atomic E-state index is 11.9. The van der Waals surface area contributed by atoms with Gasteiger partial charge >= 0.3 is 0 Å². The van der Waals surface area contributed by atoms with Gasteiger partial charge in [-0.15, -0.1) is 11.3 Å². The molecule has 1 aromatic rings. The molecule has 2 rings (SSSR count). The summed E-state index contributed by atoms with van der Waals surface area (Å²) in [7, 11) is -1.83. The summed E-state index contributed by atoms with van der Waals surface area (Å²) in [6.45, 7) is 0.151. The van der Waals surface area contributed by atoms with E-state index in [2.05, 4.69) is 16.6 Å². The van der Waals surface area contributed by atoms with Gasteiger partial charge in [0, 0.05) is 35.5 Å². The van der Waals surface area contributed by atoms with Gasteiger partial charge in [-0.1, -0.05) is 11.8 Å². The highest BCUT2D eigenvalue weighted by molar-refractivity contribution is 7.87. The van der Waals surface area contributed by atoms with E-state index in [1.165, 1.54) is 15.6 Å². The monoisotopic (exact) mass is 300 g/mol. The van der Waals surface area contributed by atoms with Crippen molar-refractivity contribution in [3.8, 4) is 11.8 Å². The predicted octanol–water partition coefficient (Wildman–Crippen LogP) is 0.520. The summed E-state index contributed by atoms with van der Waals surface area (Å²) in [6.07, 6.45) is 1.85. The van der Waals surface area contributed by atoms with Crippen molar-refractivity contribution in [1.29, 1.82) is 0 Å². The van der Waals surface area contributed by atoms with E-state index < -0.39 is 10.2 Å². The van der Waals surface area contributed by atoms with E-state index in [-0.39, 0.29) is 12.6 Å². The van der Waals surface area contributed by atoms with Crippen molar-refractivity contribution in [3.05, 3.63) is 21.9 Å². The number of aliphatic hydroxyl groups is 1. The fourth-order valence-electron chi connectivity index (χ4n) is 1.48. The Hall–Kier alpha value is -0.910. The molecule has 1 fully saturated rings. The molecule has 1 aliphatic carbocycles. The molecule has 1 aromatic heterocycles. The lowest BCUT2D eigenvalue weighted by molar-refractivity contribution is 0.350. The van der Waals surface area contributed by atoms with Crippen LogP contribution in [0.3, 0.4) is 0 Å². The first-order valence-corrected chi connectivity index (χ1v) is 8.24. The zero-order chi connectivity index (χ0) is 13.9. The van der Waals surface area contributed by atoms with E-state index in [1.807, 2.05) is 11.4 Å². The Balaban J connectivity index is 1.97. The van der Waals surface area contributed by atoms with Crippen molar-refractivity contribution in [2.45, 2.75) is 25.4 Å². The van der Waals surface area contributed by atoms with Crippen LogP contribution in [-0.2, 0) is 16.8 Å². The Morgan fingerprint density at radius 1 is 1.58 bits per heavy atom. The van der Waals surface area contributed by atoms with Crippen LogP contribution in [0.1, 0.15) is 23.3 Å². The molecule has 7 heteroatoms. The van der Waals surface area contributed by atoms with Crippen molar-refractivity contribution in [3.63, 3.8) is 0 Å². The predicted molar refractivity (Wildman–Crippen MR) is 74.8 cm³/mol. The quantitative estimate of drug-likeness (QED) is 0.779. The van der Waals surface area contributed by atoms with Crippen LogP contribution in [-0.4, -0.2) is 37.5 Å². The lowest BCUT2D eigenvalue weighted by Crippen LogP contribution is -2.38. The van der Waals surface area contributed by atoms with Gasteiger partial charge in [-0.2, -0.15) is 17.4 Å². The van der Waals surface area contributed by atoms with Crippen LogP contribution in [0.4, 0.5) is 0 Å². The minimum atomic E-state index is -3.39. The molecule has 5 nitrogen and oxygen atoms in total. The summed E-state index contributed by atoms with van der Waals surface area (Å²) in [5, 5.41) is 10.5. The minimum Gasteiger partial charge on any atom is -0.384 e. The molecule has 0 aromatic carbocycles. The molecule has 1 aliphatic rings. The summed E-state index contributed by atoms with van der Waals surface area (Å²) in [5.74, 6) is 5.36. The van der Waals surface area contributed by atoms with Gasteiger partial charge in [0.15, 0.2) is 0 Å². The molecule has 2 N–H and O–H groups in total. The maximum atomic E-state index is 11.9. The largest absolute Gasteiger partial charge is 0.384 e. The van der Waals surface area contributed by atoms with Gasteiger partial charge in [0.1, 0.15) is 6.61 Å². The van der Waals surface area contributed by atoms with Gasteiger partial charge in [0.2, 0.25) is 0 Å². The molecular weight excluding hydrogens is 284 g/mol. The average molecular weight is 300 g/mol. The molecule has 1 saturated carbocycles. The first-order chi connectivity index (χ1) is 9.01. The number of hydrogen-bond acceptors (Lipinski definition) is 4. The van der Waals surface area contributed by atoms with Gasteiger partial charge < -0.3 is 5.11 Å². The molecule has 0 saturated heterocycles. The average Bonchev–Trinajstić information content (AvgIpc) is 3.04. The van der Waals surface area contributed by atoms with Crippen LogP contribution in [0, 0.1) is 11.8 Å². The number of rotatable bonds is 5. The highest BCUT2D eigenvalue weighted by atomic mass is 32.2. The lowest BCUT2D eigenvalue weighted by atomic mass is 10.3. The van der Waals surface area contributed by atoms with Crippen LogP contribution < -0.4 is 4.72 Å². The maximum Gasteiger partial charge on any atom is 0.279 e. The molecule has 0 atom stereocenters. The third-order valence-electron chi connectivity index (χ3n) is 2.65. The number of nitrogens with zero attached hydrogens (tertiary/aromatic N) is 1. The van der Waals surface area contributed by atoms with Gasteiger partial charge in [-0.05, 0) is 18.9 Å². The Morgan fingerprint density at radius 3 is 2.95 bits per heavy atom. The normalized spacial score (nSPS) is 15.3. The van der Waals surface area contributed by atoms with E-state index in [0.29, 0.717) is 6.54 Å². The highest BCUT2D eigenvalue weighted by Gasteiger charge is 2.29. The Bertz CT molecular complexity index is 594. The molecule has 19 heavy (non-hydrogen) atoms. The van der Waals surface area contributed by atoms with Gasteiger partial charge in [0.05, 0.1) is 0 Å². The van der Waals surface area contributed by atoms with Gasteiger partial charge in [-0.3, -0.25) is 0 Å². The van der Waals surface area contributed by atoms with Crippen molar-refractivity contribution in [2.24, 2.45) is 0 Å². The van der Waals surface area contributed by atoms with Crippen LogP contribution >= 0.6 is 11.3 Å². The molecule has 0 bridgehead atoms. The molecule has 0 spiro atoms. The van der Waals surface area contributed by atoms with Crippen LogP contribution in [0.25, 0.3) is 0 Å². The summed E-state index contributed by atoms with van der Waals surface area (Å²) in [5.41, 5.74) is 0.801. The molecule has 0 amide bonds. The first kappa shape index (κ1) is 14.5. The molecule has 0 aliphatic heterocycles. The van der Waals surface area contributed by atoms with E-state index in [1.54, 1.807) is 7.05 Å². The van der Waals surface area contributed by atoms with Crippen molar-refractivity contribution >= 4 is 21.5 Å². The summed E-state index contributed by atoms with van der Waals surface area (Å²) < 4.78 is 27.8. The molecule has 1 heterocycles. The zero-order valence-corrected chi connectivity index (χ0v) is 12.2. The standard InChI is InChI=1S/C12H16N2O3S2/c1-14(19(16,17)13-11-4-5-11)8-12-7-10(9-18-12)3-2-6-15/h7,9,11,13,15H,4-6,8H2,1H3. The third kappa shape index (κ3) is 4.30. The summed E-state index contributed by atoms with van der Waals surface area (Å²) in [4.78, 5) is 0.922. The van der Waals surface area contributed by atoms with Gasteiger partial charge in [-0.25, -0.2) is 0 Å². The van der Waals surface area contributed by atoms with Crippen molar-refractivity contribution < 1.29 is 13.5 Å². The summed E-state index contributed by atoms with van der Waals surface area (Å²) >= 11 is 1.46. The van der Waals surface area contributed by atoms with Crippen LogP contribution in [0.2, 0.25) is 0 Å². The summed E-state index contributed by atoms with van der Waals surface area (Å²) in [6, 6.07) is 1.96. The highest BCUT2D eigenvalue weighted by Crippen LogP contribution is 2.21. The topological polar surface area (TPSA) is 69.6 Å². The first-order valence-electron chi connectivity index (χ1n) is 5.92. The number of hydrogen-bond donors (Lipinski definition) is 2. The second-order valence-electron chi connectivity index (χ2n) is 4.41. The van der Waals surface area contributed by atoms with Crippen molar-refractivity contribution in [2.75, 3.05) is 13.7 Å². The fraction of sp³-hybridized carbons (Fsp3) is 0.500. The minimum absolute atomic E-state index is 0.113. The van der Waals surface area contributed by atoms with E-state index in [9.17, 15) is 8.42 Å². The Morgan fingerprint density at radius 2 is 2.32 bits per heavy atom. The zero-order valence-electron chi connectivity index (χ0n) is 10.6. The molecule has 0 unspecified atom stereocenters. The third-order valence-corrected chi connectivity index (χ3v) is 5.15. The SMILES string of the molecule is CN(Cc1cc(C#CCO)cs1)S(=O)(=O)NC1CC1. The van der Waals surface area contributed by atoms with E-state index >= 15 is 0 Å². The van der Waals surface area contributed by atoms with Crippen molar-refractivity contribution in [1.82, 2.24) is 9.03 Å². The second kappa shape index (κ2) is 6.03. The van der Waals surface area contributed by atoms with E-state index in [4.69, 9.17) is 5.11 Å². The number of aliphatic hydroxyl groups excluding tert-OH is 1. The number of nitrogens with one attached hydrogen (secondary N) is 1. The second-order valence-corrected chi connectivity index (χ2v) is 7.22. The van der Waals surface area contributed by atoms with Crippen LogP contribution in [0.5, 0.6) is 0 Å². The molecule has 0 radical (unpaired) electrons. The molecule has 104 valence electrons. The molecular formula is C12H16N2O3S2. The van der Waals surface area contributed by atoms with Crippen LogP contribution in [0.15, 0.2) is 11.4 Å². The Labute approximate surface area is 117 Å². The Kier molecular flexibility index (Phi) is 4.60. The van der Waals surface area contributed by atoms with E-state index in [0.717, 1.165) is 23.3 Å². The fourth-order valence-corrected chi connectivity index (χ4v) is 3.57. The lowest BCUT2D eigenvalue weighted by Gasteiger charge is -2.16. The smallest absolute Gasteiger partial charge is 0.279 e.